The van der Waals surface area contributed by atoms with Crippen LogP contribution >= 0.6 is 0 Å². The van der Waals surface area contributed by atoms with Gasteiger partial charge in [-0.15, -0.1) is 0 Å². The molecule has 0 aliphatic carbocycles. The highest BCUT2D eigenvalue weighted by Gasteiger charge is 2.07. The van der Waals surface area contributed by atoms with E-state index in [2.05, 4.69) is 10.6 Å². The van der Waals surface area contributed by atoms with Gasteiger partial charge in [0.25, 0.3) is 0 Å². The Morgan fingerprint density at radius 2 is 2.06 bits per heavy atom. The van der Waals surface area contributed by atoms with E-state index < -0.39 is 5.91 Å². The van der Waals surface area contributed by atoms with Crippen molar-refractivity contribution in [1.82, 2.24) is 5.32 Å². The van der Waals surface area contributed by atoms with E-state index in [0.29, 0.717) is 17.7 Å². The number of benzene rings is 1. The third-order valence-corrected chi connectivity index (χ3v) is 2.61. The molecule has 0 spiro atoms. The minimum absolute atomic E-state index is 0.0310. The standard InChI is InChI=1S/C13H19N3O2/c1-9-8-10(5-6-11(9)13(14)18)16-12(17)4-3-7-15-2/h5-6,8,15H,3-4,7H2,1-2H3,(H2,14,18)(H,16,17). The fourth-order valence-electron chi connectivity index (χ4n) is 1.67. The Bertz CT molecular complexity index is 444. The van der Waals surface area contributed by atoms with Crippen LogP contribution in [0.4, 0.5) is 5.69 Å². The van der Waals surface area contributed by atoms with Crippen LogP contribution in [0.5, 0.6) is 0 Å². The normalized spacial score (nSPS) is 10.1. The van der Waals surface area contributed by atoms with Crippen LogP contribution < -0.4 is 16.4 Å². The lowest BCUT2D eigenvalue weighted by Gasteiger charge is -2.08. The van der Waals surface area contributed by atoms with Gasteiger partial charge in [-0.05, 0) is 50.7 Å². The largest absolute Gasteiger partial charge is 0.366 e. The van der Waals surface area contributed by atoms with E-state index in [1.165, 1.54) is 0 Å². The molecular weight excluding hydrogens is 230 g/mol. The number of hydrogen-bond donors (Lipinski definition) is 3. The van der Waals surface area contributed by atoms with E-state index in [-0.39, 0.29) is 5.91 Å². The van der Waals surface area contributed by atoms with Crippen LogP contribution in [0, 0.1) is 6.92 Å². The predicted octanol–water partition coefficient (Wildman–Crippen LogP) is 1.03. The molecule has 0 atom stereocenters. The van der Waals surface area contributed by atoms with Crippen LogP contribution in [0.2, 0.25) is 0 Å². The molecule has 0 saturated carbocycles. The number of nitrogens with two attached hydrogens (primary N) is 1. The van der Waals surface area contributed by atoms with Crippen molar-refractivity contribution < 1.29 is 9.59 Å². The molecule has 2 amide bonds. The maximum absolute atomic E-state index is 11.6. The number of anilines is 1. The molecule has 4 N–H and O–H groups in total. The van der Waals surface area contributed by atoms with E-state index >= 15 is 0 Å². The Kier molecular flexibility index (Phi) is 5.32. The molecule has 0 aromatic heterocycles. The highest BCUT2D eigenvalue weighted by Crippen LogP contribution is 2.15. The van der Waals surface area contributed by atoms with Gasteiger partial charge < -0.3 is 16.4 Å². The van der Waals surface area contributed by atoms with Crippen molar-refractivity contribution in [2.45, 2.75) is 19.8 Å². The number of carbonyl (C=O) groups is 2. The first-order chi connectivity index (χ1) is 8.54. The van der Waals surface area contributed by atoms with Crippen LogP contribution in [0.15, 0.2) is 18.2 Å². The summed E-state index contributed by atoms with van der Waals surface area (Å²) in [4.78, 5) is 22.6. The zero-order chi connectivity index (χ0) is 13.5. The summed E-state index contributed by atoms with van der Waals surface area (Å²) >= 11 is 0. The number of aryl methyl sites for hydroxylation is 1. The van der Waals surface area contributed by atoms with Crippen LogP contribution in [-0.4, -0.2) is 25.4 Å². The third kappa shape index (κ3) is 4.18. The Balaban J connectivity index is 2.60. The topological polar surface area (TPSA) is 84.2 Å². The molecule has 0 aliphatic heterocycles. The van der Waals surface area contributed by atoms with E-state index in [9.17, 15) is 9.59 Å². The molecule has 0 radical (unpaired) electrons. The van der Waals surface area contributed by atoms with Crippen LogP contribution in [-0.2, 0) is 4.79 Å². The van der Waals surface area contributed by atoms with Gasteiger partial charge in [0.1, 0.15) is 0 Å². The van der Waals surface area contributed by atoms with E-state index in [0.717, 1.165) is 18.5 Å². The second kappa shape index (κ2) is 6.76. The van der Waals surface area contributed by atoms with Crippen LogP contribution in [0.1, 0.15) is 28.8 Å². The first kappa shape index (κ1) is 14.2. The minimum Gasteiger partial charge on any atom is -0.366 e. The maximum Gasteiger partial charge on any atom is 0.248 e. The van der Waals surface area contributed by atoms with Gasteiger partial charge in [0.15, 0.2) is 0 Å². The summed E-state index contributed by atoms with van der Waals surface area (Å²) in [7, 11) is 1.85. The average molecular weight is 249 g/mol. The van der Waals surface area contributed by atoms with Crippen molar-refractivity contribution >= 4 is 17.5 Å². The van der Waals surface area contributed by atoms with E-state index in [4.69, 9.17) is 5.73 Å². The van der Waals surface area contributed by atoms with Gasteiger partial charge in [-0.1, -0.05) is 0 Å². The fourth-order valence-corrected chi connectivity index (χ4v) is 1.67. The first-order valence-corrected chi connectivity index (χ1v) is 5.89. The van der Waals surface area contributed by atoms with Gasteiger partial charge in [-0.2, -0.15) is 0 Å². The number of nitrogens with one attached hydrogen (secondary N) is 2. The third-order valence-electron chi connectivity index (χ3n) is 2.61. The second-order valence-corrected chi connectivity index (χ2v) is 4.15. The van der Waals surface area contributed by atoms with Gasteiger partial charge >= 0.3 is 0 Å². The number of rotatable bonds is 6. The molecule has 5 heteroatoms. The summed E-state index contributed by atoms with van der Waals surface area (Å²) in [5.41, 5.74) is 7.14. The molecule has 0 bridgehead atoms. The molecule has 0 aliphatic rings. The Morgan fingerprint density at radius 1 is 1.33 bits per heavy atom. The lowest BCUT2D eigenvalue weighted by Crippen LogP contribution is -2.16. The van der Waals surface area contributed by atoms with Gasteiger partial charge in [0, 0.05) is 17.7 Å². The summed E-state index contributed by atoms with van der Waals surface area (Å²) in [6.07, 6.45) is 1.26. The highest BCUT2D eigenvalue weighted by molar-refractivity contribution is 5.96. The van der Waals surface area contributed by atoms with E-state index in [1.807, 2.05) is 7.05 Å². The molecule has 98 valence electrons. The molecule has 0 unspecified atom stereocenters. The van der Waals surface area contributed by atoms with Crippen LogP contribution in [0.25, 0.3) is 0 Å². The lowest BCUT2D eigenvalue weighted by atomic mass is 10.1. The monoisotopic (exact) mass is 249 g/mol. The van der Waals surface area contributed by atoms with Crippen molar-refractivity contribution in [3.05, 3.63) is 29.3 Å². The quantitative estimate of drug-likeness (QED) is 0.658. The minimum atomic E-state index is -0.459. The molecule has 1 aromatic carbocycles. The SMILES string of the molecule is CNCCCC(=O)Nc1ccc(C(N)=O)c(C)c1. The van der Waals surface area contributed by atoms with Gasteiger partial charge in [0.2, 0.25) is 11.8 Å². The molecule has 1 rings (SSSR count). The zero-order valence-electron chi connectivity index (χ0n) is 10.7. The summed E-state index contributed by atoms with van der Waals surface area (Å²) in [6, 6.07) is 5.06. The average Bonchev–Trinajstić information content (AvgIpc) is 2.28. The van der Waals surface area contributed by atoms with Crippen molar-refractivity contribution in [3.63, 3.8) is 0 Å². The van der Waals surface area contributed by atoms with Gasteiger partial charge in [-0.3, -0.25) is 9.59 Å². The molecule has 18 heavy (non-hydrogen) atoms. The Labute approximate surface area is 107 Å². The summed E-state index contributed by atoms with van der Waals surface area (Å²) in [5, 5.41) is 5.77. The van der Waals surface area contributed by atoms with Crippen molar-refractivity contribution in [2.75, 3.05) is 18.9 Å². The molecule has 0 saturated heterocycles. The molecular formula is C13H19N3O2. The highest BCUT2D eigenvalue weighted by atomic mass is 16.1. The molecule has 0 heterocycles. The molecule has 5 nitrogen and oxygen atoms in total. The zero-order valence-corrected chi connectivity index (χ0v) is 10.7. The predicted molar refractivity (Wildman–Crippen MR) is 71.5 cm³/mol. The summed E-state index contributed by atoms with van der Waals surface area (Å²) < 4.78 is 0. The lowest BCUT2D eigenvalue weighted by molar-refractivity contribution is -0.116. The number of amides is 2. The summed E-state index contributed by atoms with van der Waals surface area (Å²) in [5.74, 6) is -0.490. The van der Waals surface area contributed by atoms with Crippen molar-refractivity contribution in [1.29, 1.82) is 0 Å². The number of hydrogen-bond acceptors (Lipinski definition) is 3. The van der Waals surface area contributed by atoms with Gasteiger partial charge in [0.05, 0.1) is 0 Å². The number of primary amides is 1. The van der Waals surface area contributed by atoms with E-state index in [1.54, 1.807) is 25.1 Å². The fraction of sp³-hybridized carbons (Fsp3) is 0.385. The smallest absolute Gasteiger partial charge is 0.248 e. The Hall–Kier alpha value is -1.88. The van der Waals surface area contributed by atoms with Crippen molar-refractivity contribution in [3.8, 4) is 0 Å². The summed E-state index contributed by atoms with van der Waals surface area (Å²) in [6.45, 7) is 2.60. The van der Waals surface area contributed by atoms with Crippen LogP contribution in [0.3, 0.4) is 0 Å². The second-order valence-electron chi connectivity index (χ2n) is 4.15. The molecule has 0 fully saturated rings. The maximum atomic E-state index is 11.6. The number of carbonyl (C=O) groups excluding carboxylic acids is 2. The van der Waals surface area contributed by atoms with Crippen molar-refractivity contribution in [2.24, 2.45) is 5.73 Å². The Morgan fingerprint density at radius 3 is 2.61 bits per heavy atom. The van der Waals surface area contributed by atoms with Gasteiger partial charge in [-0.25, -0.2) is 0 Å². The molecule has 1 aromatic rings. The first-order valence-electron chi connectivity index (χ1n) is 5.89.